The molecule has 5 nitrogen and oxygen atoms in total. The van der Waals surface area contributed by atoms with Crippen LogP contribution in [-0.4, -0.2) is 55.0 Å². The van der Waals surface area contributed by atoms with Gasteiger partial charge in [0.1, 0.15) is 0 Å². The van der Waals surface area contributed by atoms with Crippen molar-refractivity contribution in [1.82, 2.24) is 4.90 Å². The molecule has 0 aromatic heterocycles. The van der Waals surface area contributed by atoms with Crippen molar-refractivity contribution in [2.45, 2.75) is 25.7 Å². The van der Waals surface area contributed by atoms with Gasteiger partial charge in [-0.05, 0) is 50.2 Å². The van der Waals surface area contributed by atoms with Gasteiger partial charge in [-0.15, -0.1) is 0 Å². The number of nitrogens with one attached hydrogen (secondary N) is 1. The fraction of sp³-hybridized carbons (Fsp3) is 0.556. The first-order chi connectivity index (χ1) is 11.7. The molecular formula is C18H26N2O3S. The summed E-state index contributed by atoms with van der Waals surface area (Å²) in [6, 6.07) is 6.72. The van der Waals surface area contributed by atoms with Crippen LogP contribution in [-0.2, 0) is 9.53 Å². The summed E-state index contributed by atoms with van der Waals surface area (Å²) in [4.78, 5) is 25.8. The highest BCUT2D eigenvalue weighted by Gasteiger charge is 2.09. The molecule has 0 spiro atoms. The summed E-state index contributed by atoms with van der Waals surface area (Å²) in [6.45, 7) is 3.45. The van der Waals surface area contributed by atoms with Gasteiger partial charge in [0, 0.05) is 18.0 Å². The molecule has 0 atom stereocenters. The fourth-order valence-electron chi connectivity index (χ4n) is 2.72. The first kappa shape index (κ1) is 18.8. The Morgan fingerprint density at radius 2 is 1.79 bits per heavy atom. The molecule has 24 heavy (non-hydrogen) atoms. The van der Waals surface area contributed by atoms with E-state index in [0.29, 0.717) is 17.0 Å². The van der Waals surface area contributed by atoms with E-state index in [1.807, 2.05) is 0 Å². The Kier molecular flexibility index (Phi) is 8.12. The van der Waals surface area contributed by atoms with Crippen LogP contribution in [0.5, 0.6) is 0 Å². The summed E-state index contributed by atoms with van der Waals surface area (Å²) in [5.74, 6) is 1.04. The summed E-state index contributed by atoms with van der Waals surface area (Å²) in [5.41, 5.74) is 1.17. The number of amides is 1. The molecule has 0 aliphatic carbocycles. The molecule has 1 saturated heterocycles. The van der Waals surface area contributed by atoms with Crippen LogP contribution in [0.4, 0.5) is 5.69 Å². The number of methoxy groups -OCH3 is 1. The van der Waals surface area contributed by atoms with Crippen LogP contribution in [0.25, 0.3) is 0 Å². The van der Waals surface area contributed by atoms with Crippen LogP contribution in [0.3, 0.4) is 0 Å². The van der Waals surface area contributed by atoms with Crippen molar-refractivity contribution in [3.05, 3.63) is 29.8 Å². The lowest BCUT2D eigenvalue weighted by molar-refractivity contribution is -0.113. The van der Waals surface area contributed by atoms with Gasteiger partial charge in [0.05, 0.1) is 18.4 Å². The zero-order valence-corrected chi connectivity index (χ0v) is 15.1. The van der Waals surface area contributed by atoms with E-state index in [4.69, 9.17) is 0 Å². The Morgan fingerprint density at radius 3 is 2.42 bits per heavy atom. The molecule has 6 heteroatoms. The van der Waals surface area contributed by atoms with Crippen LogP contribution in [0, 0.1) is 0 Å². The molecule has 132 valence electrons. The standard InChI is InChI=1S/C18H26N2O3S/c1-23-18(22)15-6-8-16(9-7-15)19-17(21)14-24-13-12-20-10-4-2-3-5-11-20/h6-9H,2-5,10-14H2,1H3,(H,19,21). The van der Waals surface area contributed by atoms with Gasteiger partial charge in [-0.1, -0.05) is 12.8 Å². The number of esters is 1. The number of anilines is 1. The van der Waals surface area contributed by atoms with Gasteiger partial charge in [-0.3, -0.25) is 4.79 Å². The first-order valence-corrected chi connectivity index (χ1v) is 9.63. The number of hydrogen-bond donors (Lipinski definition) is 1. The monoisotopic (exact) mass is 350 g/mol. The summed E-state index contributed by atoms with van der Waals surface area (Å²) in [7, 11) is 1.35. The summed E-state index contributed by atoms with van der Waals surface area (Å²) >= 11 is 1.66. The number of carbonyl (C=O) groups is 2. The Bertz CT molecular complexity index is 526. The van der Waals surface area contributed by atoms with Crippen molar-refractivity contribution in [2.75, 3.05) is 43.6 Å². The van der Waals surface area contributed by atoms with Crippen LogP contribution < -0.4 is 5.32 Å². The molecule has 1 aromatic carbocycles. The van der Waals surface area contributed by atoms with E-state index in [-0.39, 0.29) is 11.9 Å². The topological polar surface area (TPSA) is 58.6 Å². The predicted molar refractivity (Wildman–Crippen MR) is 98.6 cm³/mol. The lowest BCUT2D eigenvalue weighted by atomic mass is 10.2. The van der Waals surface area contributed by atoms with Crippen LogP contribution >= 0.6 is 11.8 Å². The Balaban J connectivity index is 1.64. The second-order valence-corrected chi connectivity index (χ2v) is 7.03. The Morgan fingerprint density at radius 1 is 1.12 bits per heavy atom. The summed E-state index contributed by atoms with van der Waals surface area (Å²) in [5, 5.41) is 2.85. The predicted octanol–water partition coefficient (Wildman–Crippen LogP) is 3.02. The van der Waals surface area contributed by atoms with E-state index in [9.17, 15) is 9.59 Å². The number of nitrogens with zero attached hydrogens (tertiary/aromatic N) is 1. The van der Waals surface area contributed by atoms with Gasteiger partial charge < -0.3 is 15.0 Å². The minimum Gasteiger partial charge on any atom is -0.465 e. The van der Waals surface area contributed by atoms with Gasteiger partial charge in [0.2, 0.25) is 5.91 Å². The normalized spacial score (nSPS) is 15.5. The molecule has 1 aliphatic rings. The zero-order valence-electron chi connectivity index (χ0n) is 14.3. The zero-order chi connectivity index (χ0) is 17.2. The third-order valence-corrected chi connectivity index (χ3v) is 5.01. The third kappa shape index (κ3) is 6.53. The minimum absolute atomic E-state index is 0.0123. The van der Waals surface area contributed by atoms with Crippen molar-refractivity contribution in [2.24, 2.45) is 0 Å². The number of rotatable bonds is 7. The quantitative estimate of drug-likeness (QED) is 0.605. The van der Waals surface area contributed by atoms with E-state index in [1.54, 1.807) is 36.0 Å². The number of hydrogen-bond acceptors (Lipinski definition) is 5. The largest absolute Gasteiger partial charge is 0.465 e. The number of likely N-dealkylation sites (tertiary alicyclic amines) is 1. The molecule has 2 rings (SSSR count). The summed E-state index contributed by atoms with van der Waals surface area (Å²) < 4.78 is 4.65. The maximum Gasteiger partial charge on any atom is 0.337 e. The Labute approximate surface area is 148 Å². The van der Waals surface area contributed by atoms with Crippen molar-refractivity contribution in [3.63, 3.8) is 0 Å². The van der Waals surface area contributed by atoms with Crippen LogP contribution in [0.15, 0.2) is 24.3 Å². The van der Waals surface area contributed by atoms with Crippen molar-refractivity contribution in [1.29, 1.82) is 0 Å². The lowest BCUT2D eigenvalue weighted by Gasteiger charge is -2.19. The molecule has 0 bridgehead atoms. The Hall–Kier alpha value is -1.53. The SMILES string of the molecule is COC(=O)c1ccc(NC(=O)CSCCN2CCCCCC2)cc1. The second-order valence-electron chi connectivity index (χ2n) is 5.93. The molecule has 1 N–H and O–H groups in total. The molecule has 1 aromatic rings. The minimum atomic E-state index is -0.378. The number of ether oxygens (including phenoxy) is 1. The van der Waals surface area contributed by atoms with E-state index >= 15 is 0 Å². The van der Waals surface area contributed by atoms with E-state index in [2.05, 4.69) is 15.0 Å². The fourth-order valence-corrected chi connectivity index (χ4v) is 3.51. The van der Waals surface area contributed by atoms with Gasteiger partial charge in [-0.25, -0.2) is 4.79 Å². The molecule has 1 aliphatic heterocycles. The molecule has 1 heterocycles. The molecular weight excluding hydrogens is 324 g/mol. The lowest BCUT2D eigenvalue weighted by Crippen LogP contribution is -2.27. The smallest absolute Gasteiger partial charge is 0.337 e. The van der Waals surface area contributed by atoms with Crippen molar-refractivity contribution < 1.29 is 14.3 Å². The van der Waals surface area contributed by atoms with E-state index in [1.165, 1.54) is 45.9 Å². The first-order valence-electron chi connectivity index (χ1n) is 8.47. The van der Waals surface area contributed by atoms with Gasteiger partial charge in [-0.2, -0.15) is 11.8 Å². The average molecular weight is 350 g/mol. The molecule has 0 radical (unpaired) electrons. The highest BCUT2D eigenvalue weighted by molar-refractivity contribution is 7.99. The highest BCUT2D eigenvalue weighted by atomic mass is 32.2. The van der Waals surface area contributed by atoms with Gasteiger partial charge in [0.15, 0.2) is 0 Å². The van der Waals surface area contributed by atoms with Crippen LogP contribution in [0.1, 0.15) is 36.0 Å². The van der Waals surface area contributed by atoms with E-state index in [0.717, 1.165) is 12.3 Å². The van der Waals surface area contributed by atoms with Gasteiger partial charge in [0.25, 0.3) is 0 Å². The number of carbonyl (C=O) groups excluding carboxylic acids is 2. The van der Waals surface area contributed by atoms with Crippen molar-refractivity contribution in [3.8, 4) is 0 Å². The number of benzene rings is 1. The second kappa shape index (κ2) is 10.4. The van der Waals surface area contributed by atoms with E-state index < -0.39 is 0 Å². The average Bonchev–Trinajstić information content (AvgIpc) is 2.87. The molecule has 1 amide bonds. The number of thioether (sulfide) groups is 1. The van der Waals surface area contributed by atoms with Gasteiger partial charge >= 0.3 is 5.97 Å². The maximum absolute atomic E-state index is 12.0. The van der Waals surface area contributed by atoms with Crippen molar-refractivity contribution >= 4 is 29.3 Å². The maximum atomic E-state index is 12.0. The highest BCUT2D eigenvalue weighted by Crippen LogP contribution is 2.13. The summed E-state index contributed by atoms with van der Waals surface area (Å²) in [6.07, 6.45) is 5.29. The molecule has 1 fully saturated rings. The van der Waals surface area contributed by atoms with Crippen LogP contribution in [0.2, 0.25) is 0 Å². The molecule has 0 saturated carbocycles. The molecule has 0 unspecified atom stereocenters. The third-order valence-electron chi connectivity index (χ3n) is 4.07.